The van der Waals surface area contributed by atoms with E-state index in [1.54, 1.807) is 28.6 Å². The van der Waals surface area contributed by atoms with E-state index in [0.717, 1.165) is 51.9 Å². The van der Waals surface area contributed by atoms with Crippen LogP contribution in [-0.2, 0) is 14.8 Å². The highest BCUT2D eigenvalue weighted by Crippen LogP contribution is 2.39. The van der Waals surface area contributed by atoms with Crippen LogP contribution in [-0.4, -0.2) is 73.8 Å². The second kappa shape index (κ2) is 9.88. The van der Waals surface area contributed by atoms with Crippen molar-refractivity contribution in [2.75, 3.05) is 39.3 Å². The minimum absolute atomic E-state index is 0.0406. The fourth-order valence-corrected chi connectivity index (χ4v) is 8.53. The van der Waals surface area contributed by atoms with E-state index < -0.39 is 10.0 Å². The highest BCUT2D eigenvalue weighted by atomic mass is 32.2. The lowest BCUT2D eigenvalue weighted by Crippen LogP contribution is -2.51. The Hall–Kier alpha value is -1.48. The Morgan fingerprint density at radius 2 is 1.56 bits per heavy atom. The van der Waals surface area contributed by atoms with Gasteiger partial charge in [-0.1, -0.05) is 32.0 Å². The molecule has 4 aliphatic heterocycles. The number of hydrogen-bond acceptors (Lipinski definition) is 5. The second-order valence-corrected chi connectivity index (χ2v) is 13.2. The summed E-state index contributed by atoms with van der Waals surface area (Å²) in [7, 11) is -3.41. The van der Waals surface area contributed by atoms with Gasteiger partial charge in [-0.25, -0.2) is 13.4 Å². The highest BCUT2D eigenvalue weighted by molar-refractivity contribution is 7.89. The number of hydrogen-bond donors (Lipinski definition) is 1. The van der Waals surface area contributed by atoms with E-state index in [9.17, 15) is 13.2 Å². The molecule has 4 fully saturated rings. The van der Waals surface area contributed by atoms with E-state index in [0.29, 0.717) is 47.6 Å². The third kappa shape index (κ3) is 4.79. The lowest BCUT2D eigenvalue weighted by molar-refractivity contribution is -0.139. The van der Waals surface area contributed by atoms with Crippen LogP contribution in [0, 0.1) is 29.6 Å². The molecule has 0 aromatic heterocycles. The zero-order valence-electron chi connectivity index (χ0n) is 20.6. The first-order chi connectivity index (χ1) is 16.3. The van der Waals surface area contributed by atoms with Gasteiger partial charge in [0.05, 0.1) is 10.8 Å². The summed E-state index contributed by atoms with van der Waals surface area (Å²) in [5, 5.41) is 2.32. The van der Waals surface area contributed by atoms with Crippen LogP contribution in [0.1, 0.15) is 46.0 Å². The van der Waals surface area contributed by atoms with Gasteiger partial charge in [0, 0.05) is 45.3 Å². The minimum atomic E-state index is -3.41. The third-order valence-corrected chi connectivity index (χ3v) is 10.6. The molecule has 5 atom stereocenters. The lowest BCUT2D eigenvalue weighted by atomic mass is 9.75. The van der Waals surface area contributed by atoms with Crippen molar-refractivity contribution in [1.29, 1.82) is 0 Å². The molecule has 0 bridgehead atoms. The number of piperidine rings is 3. The molecule has 8 heteroatoms. The van der Waals surface area contributed by atoms with Crippen molar-refractivity contribution in [3.05, 3.63) is 30.3 Å². The van der Waals surface area contributed by atoms with Gasteiger partial charge in [0.2, 0.25) is 15.9 Å². The minimum Gasteiger partial charge on any atom is -0.342 e. The Morgan fingerprint density at radius 3 is 2.24 bits per heavy atom. The fourth-order valence-electron chi connectivity index (χ4n) is 7.04. The molecule has 0 aliphatic carbocycles. The van der Waals surface area contributed by atoms with Gasteiger partial charge in [0.25, 0.3) is 0 Å². The fraction of sp³-hybridized carbons (Fsp3) is 0.731. The third-order valence-electron chi connectivity index (χ3n) is 8.71. The number of fused-ring (bicyclic) bond motifs is 1. The number of sulfonamides is 1. The maximum Gasteiger partial charge on any atom is 0.243 e. The molecule has 188 valence electrons. The summed E-state index contributed by atoms with van der Waals surface area (Å²) in [5.41, 5.74) is 3.52. The number of benzene rings is 1. The molecule has 0 radical (unpaired) electrons. The molecule has 5 unspecified atom stereocenters. The van der Waals surface area contributed by atoms with Gasteiger partial charge in [0.1, 0.15) is 0 Å². The number of rotatable bonds is 4. The average Bonchev–Trinajstić information content (AvgIpc) is 3.27. The number of nitrogens with zero attached hydrogens (tertiary/aromatic N) is 3. The Morgan fingerprint density at radius 1 is 0.912 bits per heavy atom. The molecule has 1 N–H and O–H groups in total. The van der Waals surface area contributed by atoms with Gasteiger partial charge >= 0.3 is 0 Å². The van der Waals surface area contributed by atoms with Crippen molar-refractivity contribution in [1.82, 2.24) is 19.6 Å². The summed E-state index contributed by atoms with van der Waals surface area (Å²) < 4.78 is 27.7. The van der Waals surface area contributed by atoms with Crippen molar-refractivity contribution < 1.29 is 13.2 Å². The molecule has 1 amide bonds. The van der Waals surface area contributed by atoms with E-state index in [2.05, 4.69) is 29.2 Å². The average molecular weight is 489 g/mol. The number of amides is 1. The van der Waals surface area contributed by atoms with Crippen LogP contribution in [0.15, 0.2) is 35.2 Å². The molecule has 1 aromatic carbocycles. The highest BCUT2D eigenvalue weighted by Gasteiger charge is 2.46. The quantitative estimate of drug-likeness (QED) is 0.706. The molecule has 5 rings (SSSR count). The van der Waals surface area contributed by atoms with E-state index in [-0.39, 0.29) is 12.0 Å². The van der Waals surface area contributed by atoms with Crippen molar-refractivity contribution in [3.63, 3.8) is 0 Å². The molecule has 0 saturated carbocycles. The predicted octanol–water partition coefficient (Wildman–Crippen LogP) is 2.81. The van der Waals surface area contributed by atoms with Crippen molar-refractivity contribution in [2.24, 2.45) is 29.6 Å². The number of carbonyl (C=O) groups excluding carboxylic acids is 1. The Balaban J connectivity index is 1.20. The lowest BCUT2D eigenvalue weighted by Gasteiger charge is -2.43. The molecule has 1 aromatic rings. The maximum atomic E-state index is 13.5. The normalized spacial score (nSPS) is 34.2. The van der Waals surface area contributed by atoms with Gasteiger partial charge in [-0.15, -0.1) is 0 Å². The Labute approximate surface area is 204 Å². The van der Waals surface area contributed by atoms with Crippen LogP contribution in [0.3, 0.4) is 0 Å². The molecule has 4 saturated heterocycles. The number of hydrazine groups is 1. The van der Waals surface area contributed by atoms with Gasteiger partial charge < -0.3 is 4.90 Å². The molecule has 4 aliphatic rings. The smallest absolute Gasteiger partial charge is 0.243 e. The SMILES string of the molecule is CC1CC(C)CN(C(=O)C2CNN3CCC(C4CCN(S(=O)(=O)c5ccccc5)CC4)CC23)C1. The predicted molar refractivity (Wildman–Crippen MR) is 132 cm³/mol. The van der Waals surface area contributed by atoms with Crippen LogP contribution in [0.25, 0.3) is 0 Å². The van der Waals surface area contributed by atoms with Crippen molar-refractivity contribution >= 4 is 15.9 Å². The topological polar surface area (TPSA) is 73.0 Å². The number of likely N-dealkylation sites (tertiary alicyclic amines) is 1. The van der Waals surface area contributed by atoms with Crippen molar-refractivity contribution in [2.45, 2.75) is 56.9 Å². The number of nitrogens with one attached hydrogen (secondary N) is 1. The largest absolute Gasteiger partial charge is 0.342 e. The number of carbonyl (C=O) groups is 1. The monoisotopic (exact) mass is 488 g/mol. The van der Waals surface area contributed by atoms with Gasteiger partial charge in [-0.3, -0.25) is 10.2 Å². The summed E-state index contributed by atoms with van der Waals surface area (Å²) >= 11 is 0. The summed E-state index contributed by atoms with van der Waals surface area (Å²) in [6, 6.07) is 9.05. The second-order valence-electron chi connectivity index (χ2n) is 11.3. The summed E-state index contributed by atoms with van der Waals surface area (Å²) in [6.07, 6.45) is 5.20. The van der Waals surface area contributed by atoms with Crippen LogP contribution < -0.4 is 5.43 Å². The van der Waals surface area contributed by atoms with Crippen molar-refractivity contribution in [3.8, 4) is 0 Å². The zero-order chi connectivity index (χ0) is 23.9. The van der Waals surface area contributed by atoms with E-state index >= 15 is 0 Å². The van der Waals surface area contributed by atoms with E-state index in [4.69, 9.17) is 0 Å². The molecule has 0 spiro atoms. The Bertz CT molecular complexity index is 954. The zero-order valence-corrected chi connectivity index (χ0v) is 21.4. The first kappa shape index (κ1) is 24.2. The molecular formula is C26H40N4O3S. The Kier molecular flexibility index (Phi) is 7.04. The van der Waals surface area contributed by atoms with Crippen LogP contribution in [0.4, 0.5) is 0 Å². The first-order valence-electron chi connectivity index (χ1n) is 13.2. The maximum absolute atomic E-state index is 13.5. The van der Waals surface area contributed by atoms with E-state index in [1.807, 2.05) is 6.07 Å². The molecule has 34 heavy (non-hydrogen) atoms. The van der Waals surface area contributed by atoms with Gasteiger partial charge in [-0.05, 0) is 67.9 Å². The summed E-state index contributed by atoms with van der Waals surface area (Å²) in [5.74, 6) is 2.64. The van der Waals surface area contributed by atoms with Crippen LogP contribution in [0.5, 0.6) is 0 Å². The molecule has 7 nitrogen and oxygen atoms in total. The van der Waals surface area contributed by atoms with Gasteiger partial charge in [-0.2, -0.15) is 4.31 Å². The van der Waals surface area contributed by atoms with E-state index in [1.165, 1.54) is 6.42 Å². The van der Waals surface area contributed by atoms with Crippen LogP contribution >= 0.6 is 0 Å². The summed E-state index contributed by atoms with van der Waals surface area (Å²) in [4.78, 5) is 16.0. The van der Waals surface area contributed by atoms with Crippen LogP contribution in [0.2, 0.25) is 0 Å². The van der Waals surface area contributed by atoms with Gasteiger partial charge in [0.15, 0.2) is 0 Å². The summed E-state index contributed by atoms with van der Waals surface area (Å²) in [6.45, 7) is 9.23. The molecule has 4 heterocycles. The standard InChI is InChI=1S/C26H40N4O3S/c1-19-14-20(2)18-28(17-19)26(31)24-16-27-30-13-10-22(15-25(24)30)21-8-11-29(12-9-21)34(32,33)23-6-4-3-5-7-23/h3-7,19-22,24-25,27H,8-18H2,1-2H3. The molecular weight excluding hydrogens is 448 g/mol. The first-order valence-corrected chi connectivity index (χ1v) is 14.6.